The third kappa shape index (κ3) is 4.99. The van der Waals surface area contributed by atoms with Gasteiger partial charge in [0, 0.05) is 23.8 Å². The Labute approximate surface area is 101 Å². The minimum atomic E-state index is -0.404. The molecule has 0 aromatic heterocycles. The first kappa shape index (κ1) is 13.5. The minimum Gasteiger partial charge on any atom is -0.390 e. The molecule has 0 saturated carbocycles. The molecule has 3 nitrogen and oxygen atoms in total. The van der Waals surface area contributed by atoms with Crippen molar-refractivity contribution in [3.63, 3.8) is 0 Å². The molecule has 3 N–H and O–H groups in total. The first-order valence-electron chi connectivity index (χ1n) is 5.44. The summed E-state index contributed by atoms with van der Waals surface area (Å²) >= 11 is 1.63. The molecule has 0 saturated heterocycles. The van der Waals surface area contributed by atoms with Crippen LogP contribution >= 0.6 is 11.8 Å². The van der Waals surface area contributed by atoms with Gasteiger partial charge in [-0.3, -0.25) is 0 Å². The van der Waals surface area contributed by atoms with Crippen LogP contribution in [0.4, 0.5) is 0 Å². The lowest BCUT2D eigenvalue weighted by molar-refractivity contribution is 0.0551. The zero-order valence-electron chi connectivity index (χ0n) is 9.56. The summed E-state index contributed by atoms with van der Waals surface area (Å²) in [6.45, 7) is 3.54. The molecule has 0 fully saturated rings. The van der Waals surface area contributed by atoms with E-state index in [1.165, 1.54) is 0 Å². The fourth-order valence-electron chi connectivity index (χ4n) is 1.22. The van der Waals surface area contributed by atoms with Crippen LogP contribution in [0.15, 0.2) is 29.2 Å². The fourth-order valence-corrected chi connectivity index (χ4v) is 2.03. The van der Waals surface area contributed by atoms with Gasteiger partial charge in [0.1, 0.15) is 0 Å². The van der Waals surface area contributed by atoms with Gasteiger partial charge in [0.05, 0.1) is 12.7 Å². The van der Waals surface area contributed by atoms with E-state index in [-0.39, 0.29) is 0 Å². The van der Waals surface area contributed by atoms with Gasteiger partial charge in [-0.05, 0) is 24.6 Å². The molecule has 1 aromatic rings. The Kier molecular flexibility index (Phi) is 6.49. The highest BCUT2D eigenvalue weighted by Gasteiger charge is 2.04. The Morgan fingerprint density at radius 3 is 2.62 bits per heavy atom. The van der Waals surface area contributed by atoms with Crippen LogP contribution < -0.4 is 5.73 Å². The molecule has 0 radical (unpaired) electrons. The standard InChI is InChI=1S/C12H19NO2S/c1-2-15-8-11(14)9-16-12-5-3-10(7-13)4-6-12/h3-6,11,14H,2,7-9,13H2,1H3. The van der Waals surface area contributed by atoms with E-state index in [0.29, 0.717) is 25.5 Å². The van der Waals surface area contributed by atoms with E-state index >= 15 is 0 Å². The molecule has 0 aliphatic heterocycles. The second kappa shape index (κ2) is 7.68. The highest BCUT2D eigenvalue weighted by Crippen LogP contribution is 2.19. The molecule has 0 spiro atoms. The zero-order valence-corrected chi connectivity index (χ0v) is 10.4. The Hall–Kier alpha value is -0.550. The van der Waals surface area contributed by atoms with Gasteiger partial charge in [0.2, 0.25) is 0 Å². The van der Waals surface area contributed by atoms with Crippen LogP contribution in [0.25, 0.3) is 0 Å². The molecule has 1 unspecified atom stereocenters. The van der Waals surface area contributed by atoms with E-state index in [9.17, 15) is 5.11 Å². The zero-order chi connectivity index (χ0) is 11.8. The maximum absolute atomic E-state index is 9.58. The highest BCUT2D eigenvalue weighted by molar-refractivity contribution is 7.99. The first-order chi connectivity index (χ1) is 7.76. The predicted molar refractivity (Wildman–Crippen MR) is 67.6 cm³/mol. The van der Waals surface area contributed by atoms with Crippen molar-refractivity contribution in [2.45, 2.75) is 24.5 Å². The summed E-state index contributed by atoms with van der Waals surface area (Å²) < 4.78 is 5.14. The van der Waals surface area contributed by atoms with E-state index in [1.807, 2.05) is 31.2 Å². The summed E-state index contributed by atoms with van der Waals surface area (Å²) in [5.41, 5.74) is 6.64. The monoisotopic (exact) mass is 241 g/mol. The van der Waals surface area contributed by atoms with Crippen molar-refractivity contribution in [3.8, 4) is 0 Å². The number of aliphatic hydroxyl groups is 1. The molecule has 1 rings (SSSR count). The van der Waals surface area contributed by atoms with Crippen LogP contribution in [-0.4, -0.2) is 30.2 Å². The normalized spacial score (nSPS) is 12.7. The summed E-state index contributed by atoms with van der Waals surface area (Å²) in [4.78, 5) is 1.15. The molecule has 0 aliphatic carbocycles. The van der Waals surface area contributed by atoms with Crippen LogP contribution in [0.2, 0.25) is 0 Å². The van der Waals surface area contributed by atoms with E-state index in [2.05, 4.69) is 0 Å². The average Bonchev–Trinajstić information content (AvgIpc) is 2.34. The van der Waals surface area contributed by atoms with Crippen LogP contribution in [-0.2, 0) is 11.3 Å². The van der Waals surface area contributed by atoms with Gasteiger partial charge >= 0.3 is 0 Å². The molecule has 1 aromatic carbocycles. The Morgan fingerprint density at radius 1 is 1.38 bits per heavy atom. The summed E-state index contributed by atoms with van der Waals surface area (Å²) in [6.07, 6.45) is -0.404. The number of hydrogen-bond acceptors (Lipinski definition) is 4. The van der Waals surface area contributed by atoms with Crippen molar-refractivity contribution in [2.75, 3.05) is 19.0 Å². The van der Waals surface area contributed by atoms with Crippen molar-refractivity contribution >= 4 is 11.8 Å². The minimum absolute atomic E-state index is 0.404. The van der Waals surface area contributed by atoms with Crippen molar-refractivity contribution < 1.29 is 9.84 Å². The Bertz CT molecular complexity index is 290. The number of ether oxygens (including phenoxy) is 1. The van der Waals surface area contributed by atoms with Crippen LogP contribution in [0.3, 0.4) is 0 Å². The quantitative estimate of drug-likeness (QED) is 0.713. The third-order valence-corrected chi connectivity index (χ3v) is 3.27. The second-order valence-corrected chi connectivity index (χ2v) is 4.57. The van der Waals surface area contributed by atoms with Crippen LogP contribution in [0, 0.1) is 0 Å². The van der Waals surface area contributed by atoms with Crippen LogP contribution in [0.5, 0.6) is 0 Å². The van der Waals surface area contributed by atoms with E-state index < -0.39 is 6.10 Å². The van der Waals surface area contributed by atoms with E-state index in [0.717, 1.165) is 10.5 Å². The third-order valence-electron chi connectivity index (χ3n) is 2.12. The number of aliphatic hydroxyl groups excluding tert-OH is 1. The molecule has 4 heteroatoms. The molecule has 0 aliphatic rings. The molecule has 1 atom stereocenters. The summed E-state index contributed by atoms with van der Waals surface area (Å²) in [7, 11) is 0. The molecule has 0 heterocycles. The average molecular weight is 241 g/mol. The molecule has 0 amide bonds. The van der Waals surface area contributed by atoms with Gasteiger partial charge < -0.3 is 15.6 Å². The number of benzene rings is 1. The largest absolute Gasteiger partial charge is 0.390 e. The lowest BCUT2D eigenvalue weighted by Gasteiger charge is -2.10. The van der Waals surface area contributed by atoms with Gasteiger partial charge in [-0.2, -0.15) is 0 Å². The van der Waals surface area contributed by atoms with Gasteiger partial charge in [0.15, 0.2) is 0 Å². The second-order valence-electron chi connectivity index (χ2n) is 3.47. The van der Waals surface area contributed by atoms with E-state index in [4.69, 9.17) is 10.5 Å². The molecule has 16 heavy (non-hydrogen) atoms. The van der Waals surface area contributed by atoms with E-state index in [1.54, 1.807) is 11.8 Å². The predicted octanol–water partition coefficient (Wildman–Crippen LogP) is 1.63. The maximum atomic E-state index is 9.58. The lowest BCUT2D eigenvalue weighted by Crippen LogP contribution is -2.17. The molecular formula is C12H19NO2S. The SMILES string of the molecule is CCOCC(O)CSc1ccc(CN)cc1. The summed E-state index contributed by atoms with van der Waals surface area (Å²) in [5.74, 6) is 0.655. The fraction of sp³-hybridized carbons (Fsp3) is 0.500. The smallest absolute Gasteiger partial charge is 0.0867 e. The van der Waals surface area contributed by atoms with Gasteiger partial charge in [-0.15, -0.1) is 11.8 Å². The van der Waals surface area contributed by atoms with Crippen LogP contribution in [0.1, 0.15) is 12.5 Å². The number of nitrogens with two attached hydrogens (primary N) is 1. The summed E-state index contributed by atoms with van der Waals surface area (Å²) in [6, 6.07) is 8.08. The van der Waals surface area contributed by atoms with Crippen molar-refractivity contribution in [1.29, 1.82) is 0 Å². The first-order valence-corrected chi connectivity index (χ1v) is 6.42. The number of thioether (sulfide) groups is 1. The maximum Gasteiger partial charge on any atom is 0.0867 e. The van der Waals surface area contributed by atoms with Gasteiger partial charge in [-0.1, -0.05) is 12.1 Å². The highest BCUT2D eigenvalue weighted by atomic mass is 32.2. The number of rotatable bonds is 7. The number of hydrogen-bond donors (Lipinski definition) is 2. The lowest BCUT2D eigenvalue weighted by atomic mass is 10.2. The van der Waals surface area contributed by atoms with Crippen molar-refractivity contribution in [1.82, 2.24) is 0 Å². The molecule has 90 valence electrons. The van der Waals surface area contributed by atoms with Gasteiger partial charge in [-0.25, -0.2) is 0 Å². The topological polar surface area (TPSA) is 55.5 Å². The van der Waals surface area contributed by atoms with Gasteiger partial charge in [0.25, 0.3) is 0 Å². The van der Waals surface area contributed by atoms with Crippen molar-refractivity contribution in [3.05, 3.63) is 29.8 Å². The Morgan fingerprint density at radius 2 is 2.06 bits per heavy atom. The summed E-state index contributed by atoms with van der Waals surface area (Å²) in [5, 5.41) is 9.58. The Balaban J connectivity index is 2.30. The molecule has 0 bridgehead atoms. The molecular weight excluding hydrogens is 222 g/mol. The van der Waals surface area contributed by atoms with Crippen molar-refractivity contribution in [2.24, 2.45) is 5.73 Å².